The Kier molecular flexibility index (Phi) is 8.32. The molecule has 0 aliphatic rings. The number of nitrogens with zero attached hydrogens (tertiary/aromatic N) is 2. The molecule has 7 nitrogen and oxygen atoms in total. The Morgan fingerprint density at radius 1 is 1.16 bits per heavy atom. The highest BCUT2D eigenvalue weighted by molar-refractivity contribution is 5.83. The van der Waals surface area contributed by atoms with Crippen LogP contribution in [0.15, 0.2) is 0 Å². The standard InChI is InChI=1S/C12H23N3O4/c1-4-15(5-2)10(16)9-13-12(19)14(3)8-6-7-11(17)18/h4-9H2,1-3H3,(H,13,19)(H,17,18). The second kappa shape index (κ2) is 9.18. The molecule has 7 heteroatoms. The highest BCUT2D eigenvalue weighted by Gasteiger charge is 2.13. The Hall–Kier alpha value is -1.79. The quantitative estimate of drug-likeness (QED) is 0.668. The Morgan fingerprint density at radius 3 is 2.21 bits per heavy atom. The zero-order valence-corrected chi connectivity index (χ0v) is 11.8. The molecule has 0 heterocycles. The summed E-state index contributed by atoms with van der Waals surface area (Å²) in [7, 11) is 1.57. The number of carboxylic acids is 1. The van der Waals surface area contributed by atoms with Gasteiger partial charge in [-0.3, -0.25) is 9.59 Å². The summed E-state index contributed by atoms with van der Waals surface area (Å²) in [5.41, 5.74) is 0. The fourth-order valence-electron chi connectivity index (χ4n) is 1.54. The Labute approximate surface area is 113 Å². The largest absolute Gasteiger partial charge is 0.481 e. The van der Waals surface area contributed by atoms with Crippen LogP contribution < -0.4 is 5.32 Å². The predicted molar refractivity (Wildman–Crippen MR) is 70.8 cm³/mol. The van der Waals surface area contributed by atoms with Crippen LogP contribution in [0.2, 0.25) is 0 Å². The van der Waals surface area contributed by atoms with Crippen molar-refractivity contribution < 1.29 is 19.5 Å². The number of hydrogen-bond acceptors (Lipinski definition) is 3. The van der Waals surface area contributed by atoms with Crippen LogP contribution in [0.1, 0.15) is 26.7 Å². The first-order chi connectivity index (χ1) is 8.92. The van der Waals surface area contributed by atoms with E-state index in [1.165, 1.54) is 4.90 Å². The van der Waals surface area contributed by atoms with Crippen molar-refractivity contribution in [2.75, 3.05) is 33.2 Å². The molecule has 19 heavy (non-hydrogen) atoms. The molecule has 0 spiro atoms. The summed E-state index contributed by atoms with van der Waals surface area (Å²) in [6, 6.07) is -0.370. The maximum absolute atomic E-state index is 11.7. The SMILES string of the molecule is CCN(CC)C(=O)CNC(=O)N(C)CCCC(=O)O. The summed E-state index contributed by atoms with van der Waals surface area (Å²) in [6.07, 6.45) is 0.416. The van der Waals surface area contributed by atoms with E-state index in [-0.39, 0.29) is 24.9 Å². The number of carbonyl (C=O) groups excluding carboxylic acids is 2. The van der Waals surface area contributed by atoms with E-state index in [9.17, 15) is 14.4 Å². The first kappa shape index (κ1) is 17.2. The van der Waals surface area contributed by atoms with Crippen molar-refractivity contribution in [2.45, 2.75) is 26.7 Å². The minimum Gasteiger partial charge on any atom is -0.481 e. The number of amides is 3. The zero-order valence-electron chi connectivity index (χ0n) is 11.8. The molecule has 0 unspecified atom stereocenters. The van der Waals surface area contributed by atoms with E-state index in [1.807, 2.05) is 13.8 Å². The molecular formula is C12H23N3O4. The van der Waals surface area contributed by atoms with Crippen LogP contribution in [0.4, 0.5) is 4.79 Å². The lowest BCUT2D eigenvalue weighted by molar-refractivity contribution is -0.137. The molecule has 0 fully saturated rings. The van der Waals surface area contributed by atoms with E-state index in [2.05, 4.69) is 5.32 Å². The number of urea groups is 1. The highest BCUT2D eigenvalue weighted by Crippen LogP contribution is 1.94. The van der Waals surface area contributed by atoms with Crippen molar-refractivity contribution in [3.8, 4) is 0 Å². The van der Waals surface area contributed by atoms with Crippen LogP contribution in [0.5, 0.6) is 0 Å². The van der Waals surface area contributed by atoms with E-state index in [0.29, 0.717) is 26.1 Å². The van der Waals surface area contributed by atoms with E-state index in [4.69, 9.17) is 5.11 Å². The van der Waals surface area contributed by atoms with Gasteiger partial charge in [-0.2, -0.15) is 0 Å². The zero-order chi connectivity index (χ0) is 14.8. The van der Waals surface area contributed by atoms with Gasteiger partial charge in [0, 0.05) is 33.1 Å². The molecule has 3 amide bonds. The van der Waals surface area contributed by atoms with Gasteiger partial charge in [-0.25, -0.2) is 4.79 Å². The van der Waals surface area contributed by atoms with Gasteiger partial charge in [0.25, 0.3) is 0 Å². The molecule has 2 N–H and O–H groups in total. The van der Waals surface area contributed by atoms with E-state index >= 15 is 0 Å². The molecule has 0 aromatic carbocycles. The number of hydrogen-bond donors (Lipinski definition) is 2. The monoisotopic (exact) mass is 273 g/mol. The summed E-state index contributed by atoms with van der Waals surface area (Å²) in [4.78, 5) is 36.6. The summed E-state index contributed by atoms with van der Waals surface area (Å²) in [5.74, 6) is -1.01. The topological polar surface area (TPSA) is 90.0 Å². The van der Waals surface area contributed by atoms with Crippen LogP contribution in [0, 0.1) is 0 Å². The number of rotatable bonds is 8. The summed E-state index contributed by atoms with van der Waals surface area (Å²) in [5, 5.41) is 11.0. The van der Waals surface area contributed by atoms with Gasteiger partial charge in [0.2, 0.25) is 5.91 Å². The summed E-state index contributed by atoms with van der Waals surface area (Å²) >= 11 is 0. The second-order valence-corrected chi connectivity index (χ2v) is 4.14. The van der Waals surface area contributed by atoms with Crippen LogP contribution in [-0.4, -0.2) is 66.0 Å². The second-order valence-electron chi connectivity index (χ2n) is 4.14. The molecule has 0 atom stereocenters. The molecule has 0 aliphatic carbocycles. The van der Waals surface area contributed by atoms with Crippen molar-refractivity contribution in [1.82, 2.24) is 15.1 Å². The third-order valence-electron chi connectivity index (χ3n) is 2.74. The molecular weight excluding hydrogens is 250 g/mol. The van der Waals surface area contributed by atoms with Gasteiger partial charge in [0.1, 0.15) is 0 Å². The minimum absolute atomic E-state index is 0.0238. The number of carbonyl (C=O) groups is 3. The lowest BCUT2D eigenvalue weighted by Gasteiger charge is -2.21. The maximum atomic E-state index is 11.7. The molecule has 0 aliphatic heterocycles. The van der Waals surface area contributed by atoms with Crippen LogP contribution in [-0.2, 0) is 9.59 Å². The normalized spacial score (nSPS) is 9.84. The molecule has 0 aromatic heterocycles. The van der Waals surface area contributed by atoms with Crippen LogP contribution >= 0.6 is 0 Å². The average molecular weight is 273 g/mol. The Balaban J connectivity index is 3.96. The number of likely N-dealkylation sites (N-methyl/N-ethyl adjacent to an activating group) is 1. The van der Waals surface area contributed by atoms with Gasteiger partial charge in [-0.1, -0.05) is 0 Å². The fourth-order valence-corrected chi connectivity index (χ4v) is 1.54. The number of carboxylic acid groups (broad SMARTS) is 1. The summed E-state index contributed by atoms with van der Waals surface area (Å²) < 4.78 is 0. The number of aliphatic carboxylic acids is 1. The van der Waals surface area contributed by atoms with Gasteiger partial charge in [0.15, 0.2) is 0 Å². The average Bonchev–Trinajstić information content (AvgIpc) is 2.36. The van der Waals surface area contributed by atoms with Crippen molar-refractivity contribution in [1.29, 1.82) is 0 Å². The van der Waals surface area contributed by atoms with Crippen LogP contribution in [0.25, 0.3) is 0 Å². The lowest BCUT2D eigenvalue weighted by Crippen LogP contribution is -2.44. The van der Waals surface area contributed by atoms with Crippen molar-refractivity contribution in [3.05, 3.63) is 0 Å². The van der Waals surface area contributed by atoms with Gasteiger partial charge >= 0.3 is 12.0 Å². The van der Waals surface area contributed by atoms with E-state index in [1.54, 1.807) is 11.9 Å². The Bertz CT molecular complexity index is 316. The Morgan fingerprint density at radius 2 is 1.74 bits per heavy atom. The highest BCUT2D eigenvalue weighted by atomic mass is 16.4. The summed E-state index contributed by atoms with van der Waals surface area (Å²) in [6.45, 7) is 5.28. The molecule has 0 saturated carbocycles. The third-order valence-corrected chi connectivity index (χ3v) is 2.74. The maximum Gasteiger partial charge on any atom is 0.317 e. The molecule has 0 saturated heterocycles. The fraction of sp³-hybridized carbons (Fsp3) is 0.750. The molecule has 0 rings (SSSR count). The molecule has 110 valence electrons. The van der Waals surface area contributed by atoms with Crippen molar-refractivity contribution in [3.63, 3.8) is 0 Å². The van der Waals surface area contributed by atoms with Crippen molar-refractivity contribution >= 4 is 17.9 Å². The molecule has 0 aromatic rings. The van der Waals surface area contributed by atoms with Gasteiger partial charge in [-0.15, -0.1) is 0 Å². The first-order valence-corrected chi connectivity index (χ1v) is 6.40. The molecule has 0 bridgehead atoms. The smallest absolute Gasteiger partial charge is 0.317 e. The van der Waals surface area contributed by atoms with Gasteiger partial charge in [0.05, 0.1) is 6.54 Å². The third kappa shape index (κ3) is 7.28. The lowest BCUT2D eigenvalue weighted by atomic mass is 10.3. The van der Waals surface area contributed by atoms with Gasteiger partial charge in [-0.05, 0) is 20.3 Å². The minimum atomic E-state index is -0.884. The van der Waals surface area contributed by atoms with E-state index < -0.39 is 5.97 Å². The molecule has 0 radical (unpaired) electrons. The van der Waals surface area contributed by atoms with Gasteiger partial charge < -0.3 is 20.2 Å². The van der Waals surface area contributed by atoms with E-state index in [0.717, 1.165) is 0 Å². The van der Waals surface area contributed by atoms with Crippen LogP contribution in [0.3, 0.4) is 0 Å². The number of nitrogens with one attached hydrogen (secondary N) is 1. The van der Waals surface area contributed by atoms with Crippen molar-refractivity contribution in [2.24, 2.45) is 0 Å². The first-order valence-electron chi connectivity index (χ1n) is 6.40. The predicted octanol–water partition coefficient (Wildman–Crippen LogP) is 0.361.